The van der Waals surface area contributed by atoms with E-state index in [4.69, 9.17) is 11.0 Å². The number of benzene rings is 2. The van der Waals surface area contributed by atoms with Gasteiger partial charge in [0.15, 0.2) is 0 Å². The van der Waals surface area contributed by atoms with Crippen LogP contribution in [0.1, 0.15) is 22.7 Å². The van der Waals surface area contributed by atoms with Crippen molar-refractivity contribution < 1.29 is 4.79 Å². The minimum atomic E-state index is -0.672. The lowest BCUT2D eigenvalue weighted by atomic mass is 10.1. The van der Waals surface area contributed by atoms with Gasteiger partial charge in [0.2, 0.25) is 5.91 Å². The van der Waals surface area contributed by atoms with Crippen molar-refractivity contribution in [3.63, 3.8) is 0 Å². The largest absolute Gasteiger partial charge is 0.350 e. The van der Waals surface area contributed by atoms with Crippen LogP contribution < -0.4 is 11.1 Å². The van der Waals surface area contributed by atoms with Gasteiger partial charge in [0.1, 0.15) is 6.04 Å². The van der Waals surface area contributed by atoms with Crippen LogP contribution in [0, 0.1) is 11.3 Å². The van der Waals surface area contributed by atoms with Crippen molar-refractivity contribution in [3.8, 4) is 6.07 Å². The van der Waals surface area contributed by atoms with E-state index in [1.165, 1.54) is 0 Å². The quantitative estimate of drug-likeness (QED) is 0.885. The highest BCUT2D eigenvalue weighted by Crippen LogP contribution is 2.10. The monoisotopic (exact) mass is 265 g/mol. The number of amides is 1. The molecule has 0 fully saturated rings. The van der Waals surface area contributed by atoms with Gasteiger partial charge in [-0.05, 0) is 23.3 Å². The second-order valence-corrected chi connectivity index (χ2v) is 4.41. The number of nitrogens with one attached hydrogen (secondary N) is 1. The van der Waals surface area contributed by atoms with Crippen molar-refractivity contribution >= 4 is 5.91 Å². The van der Waals surface area contributed by atoms with Crippen molar-refractivity contribution in [1.82, 2.24) is 5.32 Å². The summed E-state index contributed by atoms with van der Waals surface area (Å²) >= 11 is 0. The maximum atomic E-state index is 12.0. The minimum Gasteiger partial charge on any atom is -0.350 e. The summed E-state index contributed by atoms with van der Waals surface area (Å²) in [6.45, 7) is 0.394. The molecule has 0 saturated carbocycles. The molecule has 1 amide bonds. The van der Waals surface area contributed by atoms with E-state index in [-0.39, 0.29) is 5.91 Å². The Morgan fingerprint density at radius 3 is 2.40 bits per heavy atom. The summed E-state index contributed by atoms with van der Waals surface area (Å²) < 4.78 is 0. The molecule has 100 valence electrons. The molecular weight excluding hydrogens is 250 g/mol. The molecule has 0 aliphatic heterocycles. The molecule has 1 atom stereocenters. The van der Waals surface area contributed by atoms with Crippen LogP contribution in [0.25, 0.3) is 0 Å². The van der Waals surface area contributed by atoms with Gasteiger partial charge in [-0.15, -0.1) is 0 Å². The standard InChI is InChI=1S/C16H15N3O/c17-10-12-6-8-13(9-7-12)11-19-16(20)15(18)14-4-2-1-3-5-14/h1-9,15H,11,18H2,(H,19,20)/t15-/m1/s1. The molecule has 0 aliphatic carbocycles. The van der Waals surface area contributed by atoms with E-state index >= 15 is 0 Å². The van der Waals surface area contributed by atoms with Crippen LogP contribution in [0.4, 0.5) is 0 Å². The Kier molecular flexibility index (Phi) is 4.48. The van der Waals surface area contributed by atoms with E-state index in [0.717, 1.165) is 11.1 Å². The lowest BCUT2D eigenvalue weighted by Crippen LogP contribution is -2.33. The van der Waals surface area contributed by atoms with Crippen LogP contribution in [0.2, 0.25) is 0 Å². The summed E-state index contributed by atoms with van der Waals surface area (Å²) in [6.07, 6.45) is 0. The molecule has 0 bridgehead atoms. The highest BCUT2D eigenvalue weighted by molar-refractivity contribution is 5.82. The number of nitrogens with two attached hydrogens (primary N) is 1. The van der Waals surface area contributed by atoms with E-state index in [9.17, 15) is 4.79 Å². The van der Waals surface area contributed by atoms with Gasteiger partial charge in [-0.1, -0.05) is 42.5 Å². The van der Waals surface area contributed by atoms with Crippen LogP contribution in [0.15, 0.2) is 54.6 Å². The zero-order valence-corrected chi connectivity index (χ0v) is 10.9. The summed E-state index contributed by atoms with van der Waals surface area (Å²) in [5.74, 6) is -0.222. The molecule has 0 saturated heterocycles. The Hall–Kier alpha value is -2.64. The van der Waals surface area contributed by atoms with E-state index in [1.54, 1.807) is 12.1 Å². The molecule has 4 nitrogen and oxygen atoms in total. The number of hydrogen-bond acceptors (Lipinski definition) is 3. The topological polar surface area (TPSA) is 78.9 Å². The molecule has 0 unspecified atom stereocenters. The first-order chi connectivity index (χ1) is 9.70. The SMILES string of the molecule is N#Cc1ccc(CNC(=O)[C@H](N)c2ccccc2)cc1. The molecule has 2 aromatic rings. The Labute approximate surface area is 117 Å². The fraction of sp³-hybridized carbons (Fsp3) is 0.125. The fourth-order valence-corrected chi connectivity index (χ4v) is 1.81. The fourth-order valence-electron chi connectivity index (χ4n) is 1.81. The maximum Gasteiger partial charge on any atom is 0.241 e. The van der Waals surface area contributed by atoms with E-state index in [2.05, 4.69) is 11.4 Å². The number of nitriles is 1. The van der Waals surface area contributed by atoms with Crippen molar-refractivity contribution in [3.05, 3.63) is 71.3 Å². The Morgan fingerprint density at radius 2 is 1.80 bits per heavy atom. The van der Waals surface area contributed by atoms with Gasteiger partial charge in [0.05, 0.1) is 11.6 Å². The maximum absolute atomic E-state index is 12.0. The van der Waals surface area contributed by atoms with Gasteiger partial charge in [0.25, 0.3) is 0 Å². The summed E-state index contributed by atoms with van der Waals surface area (Å²) in [5.41, 5.74) is 8.20. The third-order valence-electron chi connectivity index (χ3n) is 2.99. The van der Waals surface area contributed by atoms with E-state index in [1.807, 2.05) is 42.5 Å². The summed E-state index contributed by atoms with van der Waals surface area (Å²) in [5, 5.41) is 11.5. The predicted octanol–water partition coefficient (Wildman–Crippen LogP) is 1.87. The van der Waals surface area contributed by atoms with Gasteiger partial charge in [0, 0.05) is 6.54 Å². The molecule has 3 N–H and O–H groups in total. The van der Waals surface area contributed by atoms with Crippen molar-refractivity contribution in [1.29, 1.82) is 5.26 Å². The molecule has 4 heteroatoms. The highest BCUT2D eigenvalue weighted by Gasteiger charge is 2.14. The van der Waals surface area contributed by atoms with Crippen molar-refractivity contribution in [2.24, 2.45) is 5.73 Å². The molecule has 2 rings (SSSR count). The zero-order valence-electron chi connectivity index (χ0n) is 10.9. The number of carbonyl (C=O) groups is 1. The molecule has 0 radical (unpaired) electrons. The number of carbonyl (C=O) groups excluding carboxylic acids is 1. The van der Waals surface area contributed by atoms with Crippen molar-refractivity contribution in [2.45, 2.75) is 12.6 Å². The van der Waals surface area contributed by atoms with Crippen LogP contribution in [-0.4, -0.2) is 5.91 Å². The summed E-state index contributed by atoms with van der Waals surface area (Å²) in [7, 11) is 0. The normalized spacial score (nSPS) is 11.4. The average molecular weight is 265 g/mol. The van der Waals surface area contributed by atoms with Crippen LogP contribution in [0.3, 0.4) is 0 Å². The van der Waals surface area contributed by atoms with E-state index < -0.39 is 6.04 Å². The van der Waals surface area contributed by atoms with Crippen LogP contribution in [-0.2, 0) is 11.3 Å². The second kappa shape index (κ2) is 6.50. The number of rotatable bonds is 4. The van der Waals surface area contributed by atoms with Crippen LogP contribution in [0.5, 0.6) is 0 Å². The first-order valence-electron chi connectivity index (χ1n) is 6.28. The molecule has 20 heavy (non-hydrogen) atoms. The number of nitrogens with zero attached hydrogens (tertiary/aromatic N) is 1. The first kappa shape index (κ1) is 13.8. The highest BCUT2D eigenvalue weighted by atomic mass is 16.2. The minimum absolute atomic E-state index is 0.222. The summed E-state index contributed by atoms with van der Waals surface area (Å²) in [4.78, 5) is 12.0. The smallest absolute Gasteiger partial charge is 0.241 e. The Bertz CT molecular complexity index is 614. The second-order valence-electron chi connectivity index (χ2n) is 4.41. The van der Waals surface area contributed by atoms with Gasteiger partial charge in [-0.2, -0.15) is 5.26 Å². The molecule has 2 aromatic carbocycles. The average Bonchev–Trinajstić information content (AvgIpc) is 2.53. The van der Waals surface area contributed by atoms with Crippen molar-refractivity contribution in [2.75, 3.05) is 0 Å². The van der Waals surface area contributed by atoms with Gasteiger partial charge >= 0.3 is 0 Å². The lowest BCUT2D eigenvalue weighted by Gasteiger charge is -2.12. The molecule has 0 spiro atoms. The van der Waals surface area contributed by atoms with Crippen LogP contribution >= 0.6 is 0 Å². The molecular formula is C16H15N3O. The molecule has 0 heterocycles. The Morgan fingerprint density at radius 1 is 1.15 bits per heavy atom. The van der Waals surface area contributed by atoms with Gasteiger partial charge in [-0.25, -0.2) is 0 Å². The molecule has 0 aromatic heterocycles. The number of hydrogen-bond donors (Lipinski definition) is 2. The zero-order chi connectivity index (χ0) is 14.4. The van der Waals surface area contributed by atoms with Gasteiger partial charge in [-0.3, -0.25) is 4.79 Å². The first-order valence-corrected chi connectivity index (χ1v) is 6.28. The third kappa shape index (κ3) is 3.44. The van der Waals surface area contributed by atoms with Gasteiger partial charge < -0.3 is 11.1 Å². The summed E-state index contributed by atoms with van der Waals surface area (Å²) in [6, 6.07) is 17.7. The third-order valence-corrected chi connectivity index (χ3v) is 2.99. The molecule has 0 aliphatic rings. The van der Waals surface area contributed by atoms with E-state index in [0.29, 0.717) is 12.1 Å². The predicted molar refractivity (Wildman–Crippen MR) is 76.4 cm³/mol. The Balaban J connectivity index is 1.93. The lowest BCUT2D eigenvalue weighted by molar-refractivity contribution is -0.122.